The fourth-order valence-electron chi connectivity index (χ4n) is 2.64. The Morgan fingerprint density at radius 2 is 1.82 bits per heavy atom. The van der Waals surface area contributed by atoms with E-state index in [2.05, 4.69) is 5.32 Å². The molecule has 128 valence electrons. The highest BCUT2D eigenvalue weighted by atomic mass is 35.5. The predicted octanol–water partition coefficient (Wildman–Crippen LogP) is 3.31. The number of alkyl halides is 3. The summed E-state index contributed by atoms with van der Waals surface area (Å²) in [6, 6.07) is 2.86. The minimum absolute atomic E-state index is 0. The first-order valence-corrected chi connectivity index (χ1v) is 6.77. The average Bonchev–Trinajstić information content (AvgIpc) is 2.41. The van der Waals surface area contributed by atoms with Crippen LogP contribution in [0.15, 0.2) is 18.2 Å². The van der Waals surface area contributed by atoms with Gasteiger partial charge >= 0.3 is 6.18 Å². The predicted molar refractivity (Wildman–Crippen MR) is 85.2 cm³/mol. The Balaban J connectivity index is 0.00000220. The zero-order valence-corrected chi connectivity index (χ0v) is 13.8. The summed E-state index contributed by atoms with van der Waals surface area (Å²) >= 11 is 0. The molecule has 1 aromatic carbocycles. The van der Waals surface area contributed by atoms with Crippen molar-refractivity contribution in [2.45, 2.75) is 25.6 Å². The van der Waals surface area contributed by atoms with Crippen LogP contribution in [-0.2, 0) is 6.42 Å². The topological polar surface area (TPSA) is 35.5 Å². The number of nitrogens with zero attached hydrogens (tertiary/aromatic N) is 1. The number of nitrogens with one attached hydrogen (secondary N) is 1. The van der Waals surface area contributed by atoms with E-state index in [-0.39, 0.29) is 36.1 Å². The Kier molecular flexibility index (Phi) is 8.54. The number of rotatable bonds is 3. The van der Waals surface area contributed by atoms with E-state index in [1.54, 1.807) is 12.1 Å². The third kappa shape index (κ3) is 4.65. The SMILES string of the molecule is CCc1cccc([C@@H](N2CCNCC2)C(F)(F)F)c1O.Cl.Cl. The van der Waals surface area contributed by atoms with Crippen molar-refractivity contribution in [3.63, 3.8) is 0 Å². The standard InChI is InChI=1S/C14H19F3N2O.2ClH/c1-2-10-4-3-5-11(12(10)20)13(14(15,16)17)19-8-6-18-7-9-19;;/h3-5,13,18,20H,2,6-9H2,1H3;2*1H/t13-;;/m1../s1. The second-order valence-corrected chi connectivity index (χ2v) is 4.94. The molecule has 2 N–H and O–H groups in total. The third-order valence-corrected chi connectivity index (χ3v) is 3.65. The maximum atomic E-state index is 13.4. The maximum Gasteiger partial charge on any atom is 0.408 e. The van der Waals surface area contributed by atoms with Crippen LogP contribution < -0.4 is 5.32 Å². The van der Waals surface area contributed by atoms with Crippen molar-refractivity contribution in [1.82, 2.24) is 10.2 Å². The second-order valence-electron chi connectivity index (χ2n) is 4.94. The van der Waals surface area contributed by atoms with Crippen molar-refractivity contribution in [2.75, 3.05) is 26.2 Å². The molecule has 2 rings (SSSR count). The summed E-state index contributed by atoms with van der Waals surface area (Å²) in [4.78, 5) is 1.38. The second kappa shape index (κ2) is 8.82. The maximum absolute atomic E-state index is 13.4. The van der Waals surface area contributed by atoms with Gasteiger partial charge in [-0.1, -0.05) is 25.1 Å². The molecule has 22 heavy (non-hydrogen) atoms. The van der Waals surface area contributed by atoms with Gasteiger partial charge in [-0.05, 0) is 12.0 Å². The first-order valence-electron chi connectivity index (χ1n) is 6.77. The van der Waals surface area contributed by atoms with Gasteiger partial charge in [0.15, 0.2) is 0 Å². The van der Waals surface area contributed by atoms with E-state index in [4.69, 9.17) is 0 Å². The number of phenols is 1. The fraction of sp³-hybridized carbons (Fsp3) is 0.571. The number of aryl methyl sites for hydroxylation is 1. The quantitative estimate of drug-likeness (QED) is 0.867. The Bertz CT molecular complexity index is 466. The van der Waals surface area contributed by atoms with Crippen molar-refractivity contribution in [3.8, 4) is 5.75 Å². The average molecular weight is 361 g/mol. The van der Waals surface area contributed by atoms with Gasteiger partial charge in [0.05, 0.1) is 0 Å². The van der Waals surface area contributed by atoms with Gasteiger partial charge in [-0.15, -0.1) is 24.8 Å². The van der Waals surface area contributed by atoms with Crippen molar-refractivity contribution < 1.29 is 18.3 Å². The number of benzene rings is 1. The molecular formula is C14H21Cl2F3N2O. The van der Waals surface area contributed by atoms with Gasteiger partial charge in [0.25, 0.3) is 0 Å². The highest BCUT2D eigenvalue weighted by Crippen LogP contribution is 2.42. The molecule has 1 heterocycles. The zero-order valence-electron chi connectivity index (χ0n) is 12.2. The summed E-state index contributed by atoms with van der Waals surface area (Å²) < 4.78 is 40.3. The number of phenolic OH excluding ortho intramolecular Hbond substituents is 1. The number of hydrogen-bond acceptors (Lipinski definition) is 3. The fourth-order valence-corrected chi connectivity index (χ4v) is 2.64. The molecule has 0 unspecified atom stereocenters. The lowest BCUT2D eigenvalue weighted by atomic mass is 9.98. The van der Waals surface area contributed by atoms with Crippen LogP contribution in [0.5, 0.6) is 5.75 Å². The van der Waals surface area contributed by atoms with Gasteiger partial charge in [-0.2, -0.15) is 13.2 Å². The Labute approximate surface area is 140 Å². The van der Waals surface area contributed by atoms with Crippen LogP contribution in [-0.4, -0.2) is 42.4 Å². The summed E-state index contributed by atoms with van der Waals surface area (Å²) in [7, 11) is 0. The molecule has 0 spiro atoms. The molecule has 1 aromatic rings. The molecule has 1 aliphatic heterocycles. The van der Waals surface area contributed by atoms with Crippen molar-refractivity contribution in [2.24, 2.45) is 0 Å². The lowest BCUT2D eigenvalue weighted by molar-refractivity contribution is -0.188. The van der Waals surface area contributed by atoms with Crippen molar-refractivity contribution >= 4 is 24.8 Å². The summed E-state index contributed by atoms with van der Waals surface area (Å²) in [6.07, 6.45) is -3.90. The van der Waals surface area contributed by atoms with E-state index in [0.29, 0.717) is 38.2 Å². The minimum Gasteiger partial charge on any atom is -0.507 e. The van der Waals surface area contributed by atoms with Gasteiger partial charge in [0, 0.05) is 31.7 Å². The van der Waals surface area contributed by atoms with Gasteiger partial charge < -0.3 is 10.4 Å². The minimum atomic E-state index is -4.40. The third-order valence-electron chi connectivity index (χ3n) is 3.65. The van der Waals surface area contributed by atoms with Crippen LogP contribution in [0.3, 0.4) is 0 Å². The largest absolute Gasteiger partial charge is 0.507 e. The number of para-hydroxylation sites is 1. The molecule has 1 atom stereocenters. The molecule has 1 fully saturated rings. The number of hydrogen-bond donors (Lipinski definition) is 2. The van der Waals surface area contributed by atoms with Crippen molar-refractivity contribution in [3.05, 3.63) is 29.3 Å². The monoisotopic (exact) mass is 360 g/mol. The normalized spacial score (nSPS) is 17.3. The summed E-state index contributed by atoms with van der Waals surface area (Å²) in [5.74, 6) is -0.226. The number of halogens is 5. The molecule has 0 radical (unpaired) electrons. The van der Waals surface area contributed by atoms with Crippen LogP contribution in [0.1, 0.15) is 24.1 Å². The highest BCUT2D eigenvalue weighted by Gasteiger charge is 2.46. The Hall–Kier alpha value is -0.690. The lowest BCUT2D eigenvalue weighted by Crippen LogP contribution is -2.49. The molecule has 8 heteroatoms. The molecule has 0 aliphatic carbocycles. The number of aromatic hydroxyl groups is 1. The highest BCUT2D eigenvalue weighted by molar-refractivity contribution is 5.85. The summed E-state index contributed by atoms with van der Waals surface area (Å²) in [5, 5.41) is 13.1. The van der Waals surface area contributed by atoms with Gasteiger partial charge in [0.1, 0.15) is 11.8 Å². The van der Waals surface area contributed by atoms with Crippen LogP contribution in [0.2, 0.25) is 0 Å². The van der Waals surface area contributed by atoms with E-state index < -0.39 is 12.2 Å². The summed E-state index contributed by atoms with van der Waals surface area (Å²) in [5.41, 5.74) is 0.505. The molecule has 0 saturated carbocycles. The molecule has 1 aliphatic rings. The number of piperazine rings is 1. The van der Waals surface area contributed by atoms with Gasteiger partial charge in [-0.3, -0.25) is 4.90 Å². The van der Waals surface area contributed by atoms with Crippen LogP contribution in [0.4, 0.5) is 13.2 Å². The molecule has 0 aromatic heterocycles. The molecular weight excluding hydrogens is 340 g/mol. The van der Waals surface area contributed by atoms with Gasteiger partial charge in [-0.25, -0.2) is 0 Å². The Morgan fingerprint density at radius 1 is 1.23 bits per heavy atom. The van der Waals surface area contributed by atoms with Crippen LogP contribution in [0.25, 0.3) is 0 Å². The zero-order chi connectivity index (χ0) is 14.8. The van der Waals surface area contributed by atoms with E-state index in [0.717, 1.165) is 0 Å². The van der Waals surface area contributed by atoms with Crippen LogP contribution >= 0.6 is 24.8 Å². The molecule has 1 saturated heterocycles. The van der Waals surface area contributed by atoms with E-state index in [1.807, 2.05) is 6.92 Å². The Morgan fingerprint density at radius 3 is 2.32 bits per heavy atom. The lowest BCUT2D eigenvalue weighted by Gasteiger charge is -2.36. The molecule has 0 bridgehead atoms. The molecule has 0 amide bonds. The van der Waals surface area contributed by atoms with Crippen molar-refractivity contribution in [1.29, 1.82) is 0 Å². The van der Waals surface area contributed by atoms with E-state index in [1.165, 1.54) is 11.0 Å². The molecule has 3 nitrogen and oxygen atoms in total. The van der Waals surface area contributed by atoms with Gasteiger partial charge in [0.2, 0.25) is 0 Å². The summed E-state index contributed by atoms with van der Waals surface area (Å²) in [6.45, 7) is 3.51. The van der Waals surface area contributed by atoms with E-state index >= 15 is 0 Å². The first-order chi connectivity index (χ1) is 9.45. The van der Waals surface area contributed by atoms with Crippen LogP contribution in [0, 0.1) is 0 Å². The van der Waals surface area contributed by atoms with E-state index in [9.17, 15) is 18.3 Å². The first kappa shape index (κ1) is 21.3. The smallest absolute Gasteiger partial charge is 0.408 e.